The van der Waals surface area contributed by atoms with E-state index < -0.39 is 0 Å². The smallest absolute Gasteiger partial charge is 0.227 e. The molecular formula is C23H26N4O2S. The first-order chi connectivity index (χ1) is 14.6. The second kappa shape index (κ2) is 9.34. The molecule has 0 fully saturated rings. The van der Waals surface area contributed by atoms with Crippen LogP contribution in [0.4, 0.5) is 5.69 Å². The van der Waals surface area contributed by atoms with Crippen LogP contribution in [0.2, 0.25) is 0 Å². The number of anilines is 1. The molecule has 1 aliphatic rings. The quantitative estimate of drug-likeness (QED) is 0.511. The SMILES string of the molecule is CSCCC(NC(=O)CCC1Cc2ccccc2NC1=O)c1nc2ccccc2[nH]1. The van der Waals surface area contributed by atoms with Crippen LogP contribution in [0.25, 0.3) is 11.0 Å². The molecule has 2 amide bonds. The zero-order valence-electron chi connectivity index (χ0n) is 17.0. The van der Waals surface area contributed by atoms with Crippen molar-refractivity contribution < 1.29 is 9.59 Å². The predicted octanol–water partition coefficient (Wildman–Crippen LogP) is 4.06. The Labute approximate surface area is 180 Å². The Kier molecular flexibility index (Phi) is 6.38. The lowest BCUT2D eigenvalue weighted by Gasteiger charge is -2.24. The molecule has 0 saturated carbocycles. The summed E-state index contributed by atoms with van der Waals surface area (Å²) in [5.41, 5.74) is 3.87. The average Bonchev–Trinajstić information content (AvgIpc) is 3.19. The van der Waals surface area contributed by atoms with Gasteiger partial charge in [-0.15, -0.1) is 0 Å². The molecule has 3 aromatic rings. The van der Waals surface area contributed by atoms with Gasteiger partial charge in [-0.25, -0.2) is 4.98 Å². The van der Waals surface area contributed by atoms with Gasteiger partial charge in [0.25, 0.3) is 0 Å². The van der Waals surface area contributed by atoms with Crippen molar-refractivity contribution in [2.45, 2.75) is 31.7 Å². The number of carbonyl (C=O) groups is 2. The van der Waals surface area contributed by atoms with Crippen LogP contribution >= 0.6 is 11.8 Å². The summed E-state index contributed by atoms with van der Waals surface area (Å²) < 4.78 is 0. The molecule has 0 spiro atoms. The summed E-state index contributed by atoms with van der Waals surface area (Å²) in [5.74, 6) is 1.47. The highest BCUT2D eigenvalue weighted by atomic mass is 32.2. The molecule has 1 aliphatic heterocycles. The maximum absolute atomic E-state index is 12.7. The summed E-state index contributed by atoms with van der Waals surface area (Å²) in [6.45, 7) is 0. The minimum Gasteiger partial charge on any atom is -0.346 e. The van der Waals surface area contributed by atoms with E-state index in [9.17, 15) is 9.59 Å². The largest absolute Gasteiger partial charge is 0.346 e. The van der Waals surface area contributed by atoms with Gasteiger partial charge in [-0.1, -0.05) is 30.3 Å². The number of para-hydroxylation sites is 3. The van der Waals surface area contributed by atoms with E-state index in [1.54, 1.807) is 11.8 Å². The lowest BCUT2D eigenvalue weighted by atomic mass is 9.89. The number of hydrogen-bond acceptors (Lipinski definition) is 4. The first kappa shape index (κ1) is 20.5. The molecule has 0 radical (unpaired) electrons. The minimum absolute atomic E-state index is 0.00211. The van der Waals surface area contributed by atoms with Crippen LogP contribution in [0.3, 0.4) is 0 Å². The van der Waals surface area contributed by atoms with E-state index >= 15 is 0 Å². The zero-order valence-corrected chi connectivity index (χ0v) is 17.8. The topological polar surface area (TPSA) is 86.9 Å². The van der Waals surface area contributed by atoms with Crippen LogP contribution < -0.4 is 10.6 Å². The Bertz CT molecular complexity index is 1020. The van der Waals surface area contributed by atoms with Gasteiger partial charge < -0.3 is 15.6 Å². The summed E-state index contributed by atoms with van der Waals surface area (Å²) >= 11 is 1.74. The van der Waals surface area contributed by atoms with Crippen LogP contribution in [-0.4, -0.2) is 33.8 Å². The van der Waals surface area contributed by atoms with Crippen molar-refractivity contribution in [1.82, 2.24) is 15.3 Å². The van der Waals surface area contributed by atoms with E-state index in [2.05, 4.69) is 26.9 Å². The number of benzene rings is 2. The third kappa shape index (κ3) is 4.67. The summed E-state index contributed by atoms with van der Waals surface area (Å²) in [6.07, 6.45) is 4.37. The van der Waals surface area contributed by atoms with E-state index in [0.717, 1.165) is 40.3 Å². The highest BCUT2D eigenvalue weighted by Crippen LogP contribution is 2.28. The van der Waals surface area contributed by atoms with Gasteiger partial charge in [0.1, 0.15) is 5.82 Å². The summed E-state index contributed by atoms with van der Waals surface area (Å²) in [6, 6.07) is 15.5. The van der Waals surface area contributed by atoms with Crippen LogP contribution in [0.5, 0.6) is 0 Å². The molecule has 1 aromatic heterocycles. The number of nitrogens with zero attached hydrogens (tertiary/aromatic N) is 1. The van der Waals surface area contributed by atoms with Gasteiger partial charge >= 0.3 is 0 Å². The van der Waals surface area contributed by atoms with Crippen LogP contribution in [0, 0.1) is 5.92 Å². The third-order valence-electron chi connectivity index (χ3n) is 5.52. The maximum Gasteiger partial charge on any atom is 0.227 e. The lowest BCUT2D eigenvalue weighted by Crippen LogP contribution is -2.33. The number of rotatable bonds is 8. The average molecular weight is 423 g/mol. The molecular weight excluding hydrogens is 396 g/mol. The fraction of sp³-hybridized carbons (Fsp3) is 0.348. The number of amides is 2. The molecule has 156 valence electrons. The van der Waals surface area contributed by atoms with Gasteiger partial charge in [0.2, 0.25) is 11.8 Å². The first-order valence-electron chi connectivity index (χ1n) is 10.3. The van der Waals surface area contributed by atoms with Crippen LogP contribution in [-0.2, 0) is 16.0 Å². The maximum atomic E-state index is 12.7. The Morgan fingerprint density at radius 1 is 1.23 bits per heavy atom. The first-order valence-corrected chi connectivity index (χ1v) is 11.6. The molecule has 2 heterocycles. The van der Waals surface area contributed by atoms with E-state index in [1.807, 2.05) is 48.5 Å². The number of fused-ring (bicyclic) bond motifs is 2. The van der Waals surface area contributed by atoms with Crippen molar-refractivity contribution in [1.29, 1.82) is 0 Å². The number of nitrogens with one attached hydrogen (secondary N) is 3. The number of aromatic nitrogens is 2. The second-order valence-corrected chi connectivity index (χ2v) is 8.61. The van der Waals surface area contributed by atoms with Crippen LogP contribution in [0.1, 0.15) is 36.7 Å². The lowest BCUT2D eigenvalue weighted by molar-refractivity contribution is -0.123. The van der Waals surface area contributed by atoms with Gasteiger partial charge in [-0.05, 0) is 55.0 Å². The monoisotopic (exact) mass is 422 g/mol. The molecule has 2 atom stereocenters. The Balaban J connectivity index is 1.38. The highest BCUT2D eigenvalue weighted by molar-refractivity contribution is 7.98. The number of thioether (sulfide) groups is 1. The highest BCUT2D eigenvalue weighted by Gasteiger charge is 2.27. The van der Waals surface area contributed by atoms with E-state index in [0.29, 0.717) is 19.3 Å². The predicted molar refractivity (Wildman–Crippen MR) is 121 cm³/mol. The zero-order chi connectivity index (χ0) is 20.9. The van der Waals surface area contributed by atoms with Gasteiger partial charge in [0.05, 0.1) is 17.1 Å². The molecule has 0 bridgehead atoms. The Morgan fingerprint density at radius 2 is 2.03 bits per heavy atom. The number of hydrogen-bond donors (Lipinski definition) is 3. The van der Waals surface area contributed by atoms with Crippen molar-refractivity contribution in [3.8, 4) is 0 Å². The van der Waals surface area contributed by atoms with Gasteiger partial charge in [0, 0.05) is 18.0 Å². The van der Waals surface area contributed by atoms with Gasteiger partial charge in [0.15, 0.2) is 0 Å². The molecule has 30 heavy (non-hydrogen) atoms. The number of carbonyl (C=O) groups excluding carboxylic acids is 2. The number of imidazole rings is 1. The molecule has 7 heteroatoms. The molecule has 0 saturated heterocycles. The third-order valence-corrected chi connectivity index (χ3v) is 6.16. The van der Waals surface area contributed by atoms with E-state index in [1.165, 1.54) is 0 Å². The second-order valence-electron chi connectivity index (χ2n) is 7.63. The molecule has 6 nitrogen and oxygen atoms in total. The Morgan fingerprint density at radius 3 is 2.87 bits per heavy atom. The van der Waals surface area contributed by atoms with E-state index in [-0.39, 0.29) is 23.8 Å². The fourth-order valence-corrected chi connectivity index (χ4v) is 4.34. The minimum atomic E-state index is -0.179. The molecule has 2 aromatic carbocycles. The van der Waals surface area contributed by atoms with Crippen molar-refractivity contribution in [3.63, 3.8) is 0 Å². The van der Waals surface area contributed by atoms with E-state index in [4.69, 9.17) is 0 Å². The molecule has 4 rings (SSSR count). The standard InChI is InChI=1S/C23H26N4O2S/c1-30-13-12-20(22-25-18-8-4-5-9-19(18)26-22)24-21(28)11-10-16-14-15-6-2-3-7-17(15)27-23(16)29/h2-9,16,20H,10-14H2,1H3,(H,24,28)(H,25,26)(H,27,29). The van der Waals surface area contributed by atoms with Crippen molar-refractivity contribution in [2.24, 2.45) is 5.92 Å². The van der Waals surface area contributed by atoms with Crippen molar-refractivity contribution >= 4 is 40.3 Å². The van der Waals surface area contributed by atoms with Crippen molar-refractivity contribution in [2.75, 3.05) is 17.3 Å². The summed E-state index contributed by atoms with van der Waals surface area (Å²) in [7, 11) is 0. The molecule has 2 unspecified atom stereocenters. The molecule has 0 aliphatic carbocycles. The number of H-pyrrole nitrogens is 1. The van der Waals surface area contributed by atoms with Gasteiger partial charge in [-0.2, -0.15) is 11.8 Å². The van der Waals surface area contributed by atoms with Crippen LogP contribution in [0.15, 0.2) is 48.5 Å². The fourth-order valence-electron chi connectivity index (χ4n) is 3.87. The number of aromatic amines is 1. The van der Waals surface area contributed by atoms with Gasteiger partial charge in [-0.3, -0.25) is 9.59 Å². The normalized spacial score (nSPS) is 16.7. The van der Waals surface area contributed by atoms with Crippen molar-refractivity contribution in [3.05, 3.63) is 59.9 Å². The summed E-state index contributed by atoms with van der Waals surface area (Å²) in [4.78, 5) is 33.1. The summed E-state index contributed by atoms with van der Waals surface area (Å²) in [5, 5.41) is 6.08. The molecule has 3 N–H and O–H groups in total. The Hall–Kier alpha value is -2.80.